The molecule has 0 heterocycles. The highest BCUT2D eigenvalue weighted by Crippen LogP contribution is 2.18. The Bertz CT molecular complexity index is 803. The first-order valence-corrected chi connectivity index (χ1v) is 10.4. The van der Waals surface area contributed by atoms with E-state index in [-0.39, 0.29) is 24.6 Å². The van der Waals surface area contributed by atoms with Crippen LogP contribution < -0.4 is 9.62 Å². The SMILES string of the molecule is CCS(=O)(=O)N(CCC(=O)NCCc1ccc(C)cc1)c1ccccc1. The lowest BCUT2D eigenvalue weighted by Crippen LogP contribution is -2.36. The van der Waals surface area contributed by atoms with Crippen molar-refractivity contribution in [2.24, 2.45) is 0 Å². The molecule has 26 heavy (non-hydrogen) atoms. The molecule has 140 valence electrons. The second kappa shape index (κ2) is 9.38. The van der Waals surface area contributed by atoms with Crippen LogP contribution >= 0.6 is 0 Å². The molecular weight excluding hydrogens is 348 g/mol. The third-order valence-electron chi connectivity index (χ3n) is 4.14. The van der Waals surface area contributed by atoms with Gasteiger partial charge in [0, 0.05) is 19.5 Å². The van der Waals surface area contributed by atoms with Crippen LogP contribution in [0.2, 0.25) is 0 Å². The van der Waals surface area contributed by atoms with E-state index >= 15 is 0 Å². The summed E-state index contributed by atoms with van der Waals surface area (Å²) in [5.41, 5.74) is 2.95. The summed E-state index contributed by atoms with van der Waals surface area (Å²) in [5.74, 6) is -0.152. The Balaban J connectivity index is 1.87. The number of nitrogens with zero attached hydrogens (tertiary/aromatic N) is 1. The molecule has 0 aromatic heterocycles. The highest BCUT2D eigenvalue weighted by molar-refractivity contribution is 7.92. The number of benzene rings is 2. The van der Waals surface area contributed by atoms with Crippen LogP contribution in [-0.2, 0) is 21.2 Å². The van der Waals surface area contributed by atoms with Crippen LogP contribution in [0.15, 0.2) is 54.6 Å². The smallest absolute Gasteiger partial charge is 0.234 e. The van der Waals surface area contributed by atoms with Crippen molar-refractivity contribution < 1.29 is 13.2 Å². The molecule has 0 atom stereocenters. The monoisotopic (exact) mass is 374 g/mol. The number of sulfonamides is 1. The number of para-hydroxylation sites is 1. The van der Waals surface area contributed by atoms with Crippen molar-refractivity contribution in [2.45, 2.75) is 26.7 Å². The maximum absolute atomic E-state index is 12.3. The standard InChI is InChI=1S/C20H26N2O3S/c1-3-26(24,25)22(19-7-5-4-6-8-19)16-14-20(23)21-15-13-18-11-9-17(2)10-12-18/h4-12H,3,13-16H2,1-2H3,(H,21,23). The van der Waals surface area contributed by atoms with E-state index in [1.54, 1.807) is 31.2 Å². The first-order valence-electron chi connectivity index (χ1n) is 8.80. The number of hydrogen-bond donors (Lipinski definition) is 1. The van der Waals surface area contributed by atoms with Crippen molar-refractivity contribution in [3.05, 3.63) is 65.7 Å². The summed E-state index contributed by atoms with van der Waals surface area (Å²) in [6.45, 7) is 4.31. The Labute approximate surface area is 156 Å². The lowest BCUT2D eigenvalue weighted by molar-refractivity contribution is -0.120. The molecule has 0 unspecified atom stereocenters. The number of amides is 1. The minimum absolute atomic E-state index is 0.00304. The zero-order valence-corrected chi connectivity index (χ0v) is 16.1. The van der Waals surface area contributed by atoms with E-state index in [1.807, 2.05) is 37.3 Å². The van der Waals surface area contributed by atoms with Crippen molar-refractivity contribution in [1.29, 1.82) is 0 Å². The van der Waals surface area contributed by atoms with Crippen molar-refractivity contribution in [3.8, 4) is 0 Å². The van der Waals surface area contributed by atoms with Gasteiger partial charge in [0.25, 0.3) is 0 Å². The quantitative estimate of drug-likeness (QED) is 0.734. The Hall–Kier alpha value is -2.34. The number of carbonyl (C=O) groups is 1. The maximum Gasteiger partial charge on any atom is 0.234 e. The predicted molar refractivity (Wildman–Crippen MR) is 106 cm³/mol. The van der Waals surface area contributed by atoms with E-state index in [1.165, 1.54) is 9.87 Å². The molecule has 0 saturated heterocycles. The molecule has 1 amide bonds. The minimum atomic E-state index is -3.42. The molecule has 5 nitrogen and oxygen atoms in total. The van der Waals surface area contributed by atoms with Gasteiger partial charge in [0.2, 0.25) is 15.9 Å². The Morgan fingerprint density at radius 1 is 1.04 bits per heavy atom. The highest BCUT2D eigenvalue weighted by Gasteiger charge is 2.21. The summed E-state index contributed by atoms with van der Waals surface area (Å²) in [4.78, 5) is 12.1. The molecule has 2 aromatic rings. The second-order valence-electron chi connectivity index (χ2n) is 6.14. The Morgan fingerprint density at radius 3 is 2.31 bits per heavy atom. The summed E-state index contributed by atoms with van der Waals surface area (Å²) in [7, 11) is -3.42. The van der Waals surface area contributed by atoms with Crippen molar-refractivity contribution >= 4 is 21.6 Å². The van der Waals surface area contributed by atoms with Crippen molar-refractivity contribution in [3.63, 3.8) is 0 Å². The fourth-order valence-electron chi connectivity index (χ4n) is 2.57. The van der Waals surface area contributed by atoms with Gasteiger partial charge in [-0.3, -0.25) is 9.10 Å². The van der Waals surface area contributed by atoms with Crippen LogP contribution in [0.25, 0.3) is 0 Å². The van der Waals surface area contributed by atoms with E-state index in [4.69, 9.17) is 0 Å². The zero-order valence-electron chi connectivity index (χ0n) is 15.3. The second-order valence-corrected chi connectivity index (χ2v) is 8.33. The average Bonchev–Trinajstić information content (AvgIpc) is 2.64. The van der Waals surface area contributed by atoms with Crippen molar-refractivity contribution in [1.82, 2.24) is 5.32 Å². The lowest BCUT2D eigenvalue weighted by Gasteiger charge is -2.23. The summed E-state index contributed by atoms with van der Waals surface area (Å²) < 4.78 is 26.0. The Kier molecular flexibility index (Phi) is 7.21. The van der Waals surface area contributed by atoms with Gasteiger partial charge in [0.15, 0.2) is 0 Å². The van der Waals surface area contributed by atoms with Gasteiger partial charge in [-0.15, -0.1) is 0 Å². The van der Waals surface area contributed by atoms with E-state index in [9.17, 15) is 13.2 Å². The Morgan fingerprint density at radius 2 is 1.69 bits per heavy atom. The number of aryl methyl sites for hydroxylation is 1. The van der Waals surface area contributed by atoms with Gasteiger partial charge >= 0.3 is 0 Å². The van der Waals surface area contributed by atoms with Gasteiger partial charge in [0.1, 0.15) is 0 Å². The van der Waals surface area contributed by atoms with Crippen LogP contribution in [0.4, 0.5) is 5.69 Å². The van der Waals surface area contributed by atoms with Gasteiger partial charge in [-0.25, -0.2) is 8.42 Å². The molecule has 0 spiro atoms. The number of anilines is 1. The maximum atomic E-state index is 12.3. The molecule has 0 radical (unpaired) electrons. The lowest BCUT2D eigenvalue weighted by atomic mass is 10.1. The average molecular weight is 375 g/mol. The van der Waals surface area contributed by atoms with E-state index in [2.05, 4.69) is 5.32 Å². The molecule has 0 fully saturated rings. The number of rotatable bonds is 9. The molecule has 2 rings (SSSR count). The molecule has 1 N–H and O–H groups in total. The normalized spacial score (nSPS) is 11.2. The number of carbonyl (C=O) groups excluding carboxylic acids is 1. The highest BCUT2D eigenvalue weighted by atomic mass is 32.2. The predicted octanol–water partition coefficient (Wildman–Crippen LogP) is 2.90. The fraction of sp³-hybridized carbons (Fsp3) is 0.350. The van der Waals surface area contributed by atoms with Crippen LogP contribution in [0.1, 0.15) is 24.5 Å². The van der Waals surface area contributed by atoms with Gasteiger partial charge in [-0.2, -0.15) is 0 Å². The first-order chi connectivity index (χ1) is 12.4. The summed E-state index contributed by atoms with van der Waals surface area (Å²) >= 11 is 0. The first kappa shape index (κ1) is 20.0. The third kappa shape index (κ3) is 5.88. The van der Waals surface area contributed by atoms with Crippen molar-refractivity contribution in [2.75, 3.05) is 23.1 Å². The van der Waals surface area contributed by atoms with E-state index in [0.29, 0.717) is 12.2 Å². The van der Waals surface area contributed by atoms with Crippen LogP contribution in [0.3, 0.4) is 0 Å². The number of nitrogens with one attached hydrogen (secondary N) is 1. The molecule has 0 aliphatic carbocycles. The van der Waals surface area contributed by atoms with Gasteiger partial charge in [-0.05, 0) is 38.0 Å². The molecule has 0 aliphatic rings. The topological polar surface area (TPSA) is 66.5 Å². The van der Waals surface area contributed by atoms with E-state index < -0.39 is 10.0 Å². The summed E-state index contributed by atoms with van der Waals surface area (Å²) in [6.07, 6.45) is 0.879. The number of hydrogen-bond acceptors (Lipinski definition) is 3. The van der Waals surface area contributed by atoms with Crippen LogP contribution in [-0.4, -0.2) is 33.2 Å². The fourth-order valence-corrected chi connectivity index (χ4v) is 3.70. The molecule has 0 bridgehead atoms. The molecular formula is C20H26N2O3S. The van der Waals surface area contributed by atoms with Crippen LogP contribution in [0, 0.1) is 6.92 Å². The van der Waals surface area contributed by atoms with E-state index in [0.717, 1.165) is 12.0 Å². The zero-order chi connectivity index (χ0) is 19.0. The molecule has 2 aromatic carbocycles. The van der Waals surface area contributed by atoms with Crippen LogP contribution in [0.5, 0.6) is 0 Å². The van der Waals surface area contributed by atoms with Gasteiger partial charge in [-0.1, -0.05) is 48.0 Å². The molecule has 0 aliphatic heterocycles. The summed E-state index contributed by atoms with van der Waals surface area (Å²) in [5, 5.41) is 2.86. The molecule has 6 heteroatoms. The van der Waals surface area contributed by atoms with Gasteiger partial charge in [0.05, 0.1) is 11.4 Å². The van der Waals surface area contributed by atoms with Gasteiger partial charge < -0.3 is 5.32 Å². The summed E-state index contributed by atoms with van der Waals surface area (Å²) in [6, 6.07) is 17.1. The molecule has 0 saturated carbocycles. The third-order valence-corrected chi connectivity index (χ3v) is 5.94. The largest absolute Gasteiger partial charge is 0.356 e. The minimum Gasteiger partial charge on any atom is -0.356 e.